The average Bonchev–Trinajstić information content (AvgIpc) is 2.65. The molecule has 0 saturated carbocycles. The molecule has 0 unspecified atom stereocenters. The first kappa shape index (κ1) is 9.65. The Morgan fingerprint density at radius 2 is 1.93 bits per heavy atom. The topological polar surface area (TPSA) is 34.9 Å². The first-order chi connectivity index (χ1) is 7.16. The molecule has 0 aliphatic rings. The number of carbonyl (C=O) groups is 1. The number of imidazole rings is 1. The Balaban J connectivity index is 2.35. The molecule has 0 atom stereocenters. The minimum atomic E-state index is 0.0864. The number of nitrogens with zero attached hydrogens (tertiary/aromatic N) is 2. The third-order valence-electron chi connectivity index (χ3n) is 2.28. The number of ketones is 1. The fourth-order valence-electron chi connectivity index (χ4n) is 1.43. The van der Waals surface area contributed by atoms with Gasteiger partial charge in [0, 0.05) is 17.4 Å². The van der Waals surface area contributed by atoms with Crippen LogP contribution in [0.5, 0.6) is 0 Å². The lowest BCUT2D eigenvalue weighted by molar-refractivity contribution is 0.101. The summed E-state index contributed by atoms with van der Waals surface area (Å²) < 4.78 is 1.93. The Labute approximate surface area is 88.4 Å². The molecule has 0 aliphatic carbocycles. The number of hydrogen-bond acceptors (Lipinski definition) is 2. The van der Waals surface area contributed by atoms with Gasteiger partial charge in [-0.05, 0) is 38.1 Å². The van der Waals surface area contributed by atoms with Gasteiger partial charge in [-0.1, -0.05) is 0 Å². The van der Waals surface area contributed by atoms with Crippen molar-refractivity contribution in [2.75, 3.05) is 0 Å². The Morgan fingerprint density at radius 1 is 1.27 bits per heavy atom. The van der Waals surface area contributed by atoms with Crippen molar-refractivity contribution < 1.29 is 4.79 Å². The molecular weight excluding hydrogens is 188 g/mol. The zero-order valence-electron chi connectivity index (χ0n) is 8.77. The SMILES string of the molecule is CC(=O)c1ccc(-n2cnc(C)c2)cc1. The highest BCUT2D eigenvalue weighted by Gasteiger charge is 2.00. The molecular formula is C12H12N2O. The van der Waals surface area contributed by atoms with Crippen molar-refractivity contribution in [2.24, 2.45) is 0 Å². The maximum atomic E-state index is 11.1. The van der Waals surface area contributed by atoms with E-state index >= 15 is 0 Å². The molecule has 76 valence electrons. The quantitative estimate of drug-likeness (QED) is 0.697. The highest BCUT2D eigenvalue weighted by molar-refractivity contribution is 5.94. The second-order valence-electron chi connectivity index (χ2n) is 3.53. The van der Waals surface area contributed by atoms with Crippen LogP contribution in [0.25, 0.3) is 5.69 Å². The monoisotopic (exact) mass is 200 g/mol. The second-order valence-corrected chi connectivity index (χ2v) is 3.53. The number of aromatic nitrogens is 2. The predicted molar refractivity (Wildman–Crippen MR) is 58.3 cm³/mol. The van der Waals surface area contributed by atoms with Gasteiger partial charge in [0.05, 0.1) is 12.0 Å². The summed E-state index contributed by atoms with van der Waals surface area (Å²) in [5.74, 6) is 0.0864. The summed E-state index contributed by atoms with van der Waals surface area (Å²) in [5.41, 5.74) is 2.72. The number of rotatable bonds is 2. The molecule has 0 bridgehead atoms. The summed E-state index contributed by atoms with van der Waals surface area (Å²) >= 11 is 0. The van der Waals surface area contributed by atoms with Crippen LogP contribution in [0.1, 0.15) is 23.0 Å². The van der Waals surface area contributed by atoms with Crippen molar-refractivity contribution in [3.63, 3.8) is 0 Å². The summed E-state index contributed by atoms with van der Waals surface area (Å²) in [6.07, 6.45) is 3.71. The van der Waals surface area contributed by atoms with Crippen molar-refractivity contribution in [3.8, 4) is 5.69 Å². The molecule has 1 aromatic heterocycles. The number of aryl methyl sites for hydroxylation is 1. The summed E-state index contributed by atoms with van der Waals surface area (Å²) in [7, 11) is 0. The van der Waals surface area contributed by atoms with Gasteiger partial charge in [-0.2, -0.15) is 0 Å². The van der Waals surface area contributed by atoms with E-state index in [4.69, 9.17) is 0 Å². The Kier molecular flexibility index (Phi) is 2.37. The molecule has 2 aromatic rings. The first-order valence-corrected chi connectivity index (χ1v) is 4.79. The Bertz CT molecular complexity index is 483. The third kappa shape index (κ3) is 1.96. The second kappa shape index (κ2) is 3.69. The van der Waals surface area contributed by atoms with E-state index < -0.39 is 0 Å². The molecule has 0 N–H and O–H groups in total. The van der Waals surface area contributed by atoms with Crippen LogP contribution in [-0.4, -0.2) is 15.3 Å². The van der Waals surface area contributed by atoms with E-state index in [2.05, 4.69) is 4.98 Å². The van der Waals surface area contributed by atoms with Gasteiger partial charge < -0.3 is 4.57 Å². The van der Waals surface area contributed by atoms with Crippen molar-refractivity contribution in [3.05, 3.63) is 48.0 Å². The normalized spacial score (nSPS) is 10.3. The predicted octanol–water partition coefficient (Wildman–Crippen LogP) is 2.38. The third-order valence-corrected chi connectivity index (χ3v) is 2.28. The standard InChI is InChI=1S/C12H12N2O/c1-9-7-14(8-13-9)12-5-3-11(4-6-12)10(2)15/h3-8H,1-2H3. The maximum Gasteiger partial charge on any atom is 0.159 e. The molecule has 1 heterocycles. The zero-order chi connectivity index (χ0) is 10.8. The van der Waals surface area contributed by atoms with Gasteiger partial charge >= 0.3 is 0 Å². The van der Waals surface area contributed by atoms with Crippen LogP contribution in [0.15, 0.2) is 36.8 Å². The summed E-state index contributed by atoms with van der Waals surface area (Å²) in [6.45, 7) is 3.51. The molecule has 0 saturated heterocycles. The highest BCUT2D eigenvalue weighted by Crippen LogP contribution is 2.10. The van der Waals surface area contributed by atoms with Gasteiger partial charge in [-0.3, -0.25) is 4.79 Å². The largest absolute Gasteiger partial charge is 0.306 e. The van der Waals surface area contributed by atoms with E-state index in [0.717, 1.165) is 16.9 Å². The molecule has 2 rings (SSSR count). The minimum Gasteiger partial charge on any atom is -0.306 e. The lowest BCUT2D eigenvalue weighted by Gasteiger charge is -2.02. The fourth-order valence-corrected chi connectivity index (χ4v) is 1.43. The van der Waals surface area contributed by atoms with Crippen molar-refractivity contribution in [1.82, 2.24) is 9.55 Å². The lowest BCUT2D eigenvalue weighted by Crippen LogP contribution is -1.94. The molecule has 1 aromatic carbocycles. The zero-order valence-corrected chi connectivity index (χ0v) is 8.77. The van der Waals surface area contributed by atoms with E-state index in [-0.39, 0.29) is 5.78 Å². The van der Waals surface area contributed by atoms with Gasteiger partial charge in [0.2, 0.25) is 0 Å². The molecule has 15 heavy (non-hydrogen) atoms. The van der Waals surface area contributed by atoms with Gasteiger partial charge in [0.25, 0.3) is 0 Å². The van der Waals surface area contributed by atoms with Gasteiger partial charge in [0.15, 0.2) is 5.78 Å². The maximum absolute atomic E-state index is 11.1. The molecule has 0 spiro atoms. The number of Topliss-reactive ketones (excluding diaryl/α,β-unsaturated/α-hetero) is 1. The van der Waals surface area contributed by atoms with Crippen molar-refractivity contribution >= 4 is 5.78 Å². The number of carbonyl (C=O) groups excluding carboxylic acids is 1. The Morgan fingerprint density at radius 3 is 2.40 bits per heavy atom. The van der Waals surface area contributed by atoms with Crippen LogP contribution in [0.2, 0.25) is 0 Å². The van der Waals surface area contributed by atoms with Crippen molar-refractivity contribution in [1.29, 1.82) is 0 Å². The smallest absolute Gasteiger partial charge is 0.159 e. The highest BCUT2D eigenvalue weighted by atomic mass is 16.1. The van der Waals surface area contributed by atoms with E-state index in [0.29, 0.717) is 0 Å². The number of hydrogen-bond donors (Lipinski definition) is 0. The fraction of sp³-hybridized carbons (Fsp3) is 0.167. The van der Waals surface area contributed by atoms with E-state index in [1.165, 1.54) is 0 Å². The van der Waals surface area contributed by atoms with Crippen LogP contribution < -0.4 is 0 Å². The van der Waals surface area contributed by atoms with Crippen LogP contribution in [0.4, 0.5) is 0 Å². The van der Waals surface area contributed by atoms with E-state index in [1.54, 1.807) is 13.3 Å². The molecule has 0 fully saturated rings. The minimum absolute atomic E-state index is 0.0864. The molecule has 3 nitrogen and oxygen atoms in total. The van der Waals surface area contributed by atoms with Crippen LogP contribution in [-0.2, 0) is 0 Å². The van der Waals surface area contributed by atoms with Crippen LogP contribution in [0, 0.1) is 6.92 Å². The molecule has 0 amide bonds. The lowest BCUT2D eigenvalue weighted by atomic mass is 10.1. The summed E-state index contributed by atoms with van der Waals surface area (Å²) in [4.78, 5) is 15.2. The van der Waals surface area contributed by atoms with E-state index in [1.807, 2.05) is 42.0 Å². The van der Waals surface area contributed by atoms with Gasteiger partial charge in [-0.15, -0.1) is 0 Å². The van der Waals surface area contributed by atoms with E-state index in [9.17, 15) is 4.79 Å². The first-order valence-electron chi connectivity index (χ1n) is 4.79. The molecule has 3 heteroatoms. The van der Waals surface area contributed by atoms with Gasteiger partial charge in [0.1, 0.15) is 0 Å². The van der Waals surface area contributed by atoms with Crippen LogP contribution in [0.3, 0.4) is 0 Å². The molecule has 0 radical (unpaired) electrons. The van der Waals surface area contributed by atoms with Crippen molar-refractivity contribution in [2.45, 2.75) is 13.8 Å². The summed E-state index contributed by atoms with van der Waals surface area (Å²) in [6, 6.07) is 7.48. The average molecular weight is 200 g/mol. The summed E-state index contributed by atoms with van der Waals surface area (Å²) in [5, 5.41) is 0. The molecule has 0 aliphatic heterocycles. The Hall–Kier alpha value is -1.90. The van der Waals surface area contributed by atoms with Crippen LogP contribution >= 0.6 is 0 Å². The van der Waals surface area contributed by atoms with Gasteiger partial charge in [-0.25, -0.2) is 4.98 Å². The number of benzene rings is 1.